The molecule has 0 spiro atoms. The Morgan fingerprint density at radius 1 is 1.33 bits per heavy atom. The number of benzene rings is 1. The van der Waals surface area contributed by atoms with E-state index in [1.165, 1.54) is 19.1 Å². The third-order valence-electron chi connectivity index (χ3n) is 5.99. The predicted octanol–water partition coefficient (Wildman–Crippen LogP) is 4.24. The molecule has 2 heterocycles. The number of carbonyl (C=O) groups is 2. The van der Waals surface area contributed by atoms with E-state index in [0.717, 1.165) is 12.8 Å². The number of rotatable bonds is 11. The molecule has 2 aromatic rings. The van der Waals surface area contributed by atoms with Gasteiger partial charge in [-0.1, -0.05) is 38.5 Å². The average Bonchev–Trinajstić information content (AvgIpc) is 3.39. The number of nitrogens with zero attached hydrogens (tertiary/aromatic N) is 2. The van der Waals surface area contributed by atoms with Crippen LogP contribution < -0.4 is 10.6 Å². The highest BCUT2D eigenvalue weighted by molar-refractivity contribution is 5.91. The lowest BCUT2D eigenvalue weighted by molar-refractivity contribution is -0.119. The Balaban J connectivity index is 1.92. The first kappa shape index (κ1) is 24.8. The van der Waals surface area contributed by atoms with Crippen molar-refractivity contribution in [3.05, 3.63) is 35.9 Å². The zero-order valence-corrected chi connectivity index (χ0v) is 19.1. The fourth-order valence-electron chi connectivity index (χ4n) is 4.20. The van der Waals surface area contributed by atoms with Crippen LogP contribution in [-0.2, 0) is 15.5 Å². The van der Waals surface area contributed by atoms with E-state index in [9.17, 15) is 23.5 Å². The lowest BCUT2D eigenvalue weighted by Gasteiger charge is -2.20. The van der Waals surface area contributed by atoms with Gasteiger partial charge >= 0.3 is 0 Å². The van der Waals surface area contributed by atoms with Crippen LogP contribution in [0.3, 0.4) is 0 Å². The molecule has 7 nitrogen and oxygen atoms in total. The molecule has 0 aliphatic carbocycles. The summed E-state index contributed by atoms with van der Waals surface area (Å²) in [5.41, 5.74) is 1.09. The van der Waals surface area contributed by atoms with Gasteiger partial charge in [0.15, 0.2) is 5.82 Å². The molecule has 1 unspecified atom stereocenters. The Morgan fingerprint density at radius 2 is 2.12 bits per heavy atom. The molecule has 0 bridgehead atoms. The molecule has 1 aliphatic rings. The summed E-state index contributed by atoms with van der Waals surface area (Å²) in [4.78, 5) is 23.9. The minimum atomic E-state index is -2.95. The molecule has 180 valence electrons. The molecule has 1 aromatic carbocycles. The number of carbonyl (C=O) groups excluding carboxylic acids is 2. The smallest absolute Gasteiger partial charge is 0.273 e. The van der Waals surface area contributed by atoms with Crippen LogP contribution in [-0.4, -0.2) is 39.9 Å². The van der Waals surface area contributed by atoms with E-state index in [1.54, 1.807) is 22.9 Å². The normalized spacial score (nSPS) is 17.1. The van der Waals surface area contributed by atoms with Gasteiger partial charge in [-0.2, -0.15) is 5.10 Å². The third kappa shape index (κ3) is 6.16. The van der Waals surface area contributed by atoms with Gasteiger partial charge in [0.1, 0.15) is 0 Å². The number of halogens is 2. The maximum Gasteiger partial charge on any atom is 0.273 e. The van der Waals surface area contributed by atoms with Crippen molar-refractivity contribution in [1.29, 1.82) is 0 Å². The summed E-state index contributed by atoms with van der Waals surface area (Å²) >= 11 is 0. The second-order valence-electron chi connectivity index (χ2n) is 8.58. The molecule has 3 N–H and O–H groups in total. The summed E-state index contributed by atoms with van der Waals surface area (Å²) in [6.07, 6.45) is 2.25. The number of aliphatic hydroxyl groups is 1. The molecular weight excluding hydrogens is 430 g/mol. The maximum atomic E-state index is 14.3. The molecule has 1 aromatic heterocycles. The van der Waals surface area contributed by atoms with Gasteiger partial charge in [0.25, 0.3) is 5.92 Å². The van der Waals surface area contributed by atoms with Crippen LogP contribution in [0, 0.1) is 5.92 Å². The fraction of sp³-hybridized carbons (Fsp3) is 0.542. The van der Waals surface area contributed by atoms with Crippen molar-refractivity contribution in [3.63, 3.8) is 0 Å². The van der Waals surface area contributed by atoms with Crippen LogP contribution >= 0.6 is 0 Å². The highest BCUT2D eigenvalue weighted by Crippen LogP contribution is 2.35. The molecule has 33 heavy (non-hydrogen) atoms. The van der Waals surface area contributed by atoms with Crippen molar-refractivity contribution in [2.24, 2.45) is 5.92 Å². The monoisotopic (exact) mass is 462 g/mol. The minimum absolute atomic E-state index is 0.0394. The zero-order valence-electron chi connectivity index (χ0n) is 19.1. The van der Waals surface area contributed by atoms with E-state index >= 15 is 0 Å². The van der Waals surface area contributed by atoms with Gasteiger partial charge in [0.05, 0.1) is 11.7 Å². The van der Waals surface area contributed by atoms with E-state index in [2.05, 4.69) is 15.7 Å². The predicted molar refractivity (Wildman–Crippen MR) is 122 cm³/mol. The Labute approximate surface area is 192 Å². The number of hydrogen-bond acceptors (Lipinski definition) is 4. The summed E-state index contributed by atoms with van der Waals surface area (Å²) in [6.45, 7) is 3.90. The molecule has 1 fully saturated rings. The Morgan fingerprint density at radius 3 is 2.76 bits per heavy atom. The van der Waals surface area contributed by atoms with Gasteiger partial charge in [0.2, 0.25) is 11.8 Å². The first-order chi connectivity index (χ1) is 15.8. The second-order valence-corrected chi connectivity index (χ2v) is 8.58. The molecular formula is C24H32F2N4O3. The molecule has 0 radical (unpaired) electrons. The van der Waals surface area contributed by atoms with Crippen LogP contribution in [0.2, 0.25) is 0 Å². The number of hydrogen-bond donors (Lipinski definition) is 3. The topological polar surface area (TPSA) is 96.2 Å². The molecule has 1 saturated heterocycles. The van der Waals surface area contributed by atoms with Gasteiger partial charge in [-0.15, -0.1) is 0 Å². The third-order valence-corrected chi connectivity index (χ3v) is 5.99. The molecule has 0 saturated carbocycles. The lowest BCUT2D eigenvalue weighted by Crippen LogP contribution is -2.19. The van der Waals surface area contributed by atoms with Crippen molar-refractivity contribution in [2.45, 2.75) is 64.3 Å². The Kier molecular flexibility index (Phi) is 8.18. The van der Waals surface area contributed by atoms with Crippen molar-refractivity contribution in [2.75, 3.05) is 18.5 Å². The van der Waals surface area contributed by atoms with Gasteiger partial charge in [-0.05, 0) is 24.8 Å². The van der Waals surface area contributed by atoms with E-state index in [0.29, 0.717) is 36.5 Å². The number of amides is 2. The van der Waals surface area contributed by atoms with Crippen molar-refractivity contribution in [3.8, 4) is 11.3 Å². The Hall–Kier alpha value is -2.81. The van der Waals surface area contributed by atoms with E-state index in [4.69, 9.17) is 0 Å². The van der Waals surface area contributed by atoms with Crippen LogP contribution in [0.25, 0.3) is 11.3 Å². The summed E-state index contributed by atoms with van der Waals surface area (Å²) in [7, 11) is 0. The highest BCUT2D eigenvalue weighted by atomic mass is 19.3. The summed E-state index contributed by atoms with van der Waals surface area (Å²) in [5, 5.41) is 19.6. The summed E-state index contributed by atoms with van der Waals surface area (Å²) < 4.78 is 30.4. The van der Waals surface area contributed by atoms with Crippen LogP contribution in [0.1, 0.15) is 64.0 Å². The summed E-state index contributed by atoms with van der Waals surface area (Å²) in [6, 6.07) is 7.73. The van der Waals surface area contributed by atoms with Gasteiger partial charge in [-0.3, -0.25) is 14.3 Å². The van der Waals surface area contributed by atoms with Gasteiger partial charge < -0.3 is 15.7 Å². The first-order valence-corrected chi connectivity index (χ1v) is 11.5. The maximum absolute atomic E-state index is 14.3. The minimum Gasteiger partial charge on any atom is -0.396 e. The largest absolute Gasteiger partial charge is 0.396 e. The van der Waals surface area contributed by atoms with Gasteiger partial charge in [0, 0.05) is 49.6 Å². The molecule has 1 aliphatic heterocycles. The SMILES string of the molecule is CCCC(CCO)n1nc(NC(=O)C[C@H]2CNC(=O)C2)cc1-c1cccc(C(F)(F)CC)c1. The number of anilines is 1. The number of aromatic nitrogens is 2. The van der Waals surface area contributed by atoms with Crippen LogP contribution in [0.4, 0.5) is 14.6 Å². The van der Waals surface area contributed by atoms with Crippen molar-refractivity contribution < 1.29 is 23.5 Å². The van der Waals surface area contributed by atoms with Crippen molar-refractivity contribution >= 4 is 17.6 Å². The van der Waals surface area contributed by atoms with E-state index in [1.807, 2.05) is 6.92 Å². The number of aliphatic hydroxyl groups excluding tert-OH is 1. The quantitative estimate of drug-likeness (QED) is 0.465. The van der Waals surface area contributed by atoms with E-state index < -0.39 is 5.92 Å². The highest BCUT2D eigenvalue weighted by Gasteiger charge is 2.30. The van der Waals surface area contributed by atoms with E-state index in [-0.39, 0.29) is 48.8 Å². The first-order valence-electron chi connectivity index (χ1n) is 11.5. The lowest BCUT2D eigenvalue weighted by atomic mass is 10.0. The molecule has 2 atom stereocenters. The molecule has 9 heteroatoms. The molecule has 2 amide bonds. The number of alkyl halides is 2. The zero-order chi connectivity index (χ0) is 24.0. The molecule has 3 rings (SSSR count). The number of nitrogens with one attached hydrogen (secondary N) is 2. The van der Waals surface area contributed by atoms with Crippen LogP contribution in [0.5, 0.6) is 0 Å². The summed E-state index contributed by atoms with van der Waals surface area (Å²) in [5.74, 6) is -3.01. The second kappa shape index (κ2) is 10.9. The Bertz CT molecular complexity index is 970. The van der Waals surface area contributed by atoms with Crippen LogP contribution in [0.15, 0.2) is 30.3 Å². The van der Waals surface area contributed by atoms with Gasteiger partial charge in [-0.25, -0.2) is 8.78 Å². The average molecular weight is 463 g/mol. The van der Waals surface area contributed by atoms with Crippen molar-refractivity contribution in [1.82, 2.24) is 15.1 Å². The fourth-order valence-corrected chi connectivity index (χ4v) is 4.20. The standard InChI is InChI=1S/C24H32F2N4O3/c1-3-6-19(9-10-31)30-20(17-7-5-8-18(13-17)24(25,26)4-2)14-21(29-30)28-23(33)12-16-11-22(32)27-15-16/h5,7-8,13-14,16,19,31H,3-4,6,9-12,15H2,1-2H3,(H,27,32)(H,28,29,33)/t16-,19?/m0/s1.